The minimum Gasteiger partial charge on any atom is -0.506 e. The standard InChI is InChI=1S/C34H52N2O4/c1-3-5-6-7-8-9-10-11-12-13-14-15-16-19-24-36(25-20-23-35)34(38)31-28-32(40-27-26-39-4-2)29-21-17-18-22-30(29)33(31)37/h17-18,21-22,28,37H,3-16,19-20,24-27H2,1-2H3. The van der Waals surface area contributed by atoms with Crippen LogP contribution in [0, 0.1) is 11.3 Å². The number of hydrogen-bond acceptors (Lipinski definition) is 5. The number of hydrogen-bond donors (Lipinski definition) is 1. The van der Waals surface area contributed by atoms with Crippen molar-refractivity contribution in [3.63, 3.8) is 0 Å². The number of aromatic hydroxyl groups is 1. The summed E-state index contributed by atoms with van der Waals surface area (Å²) in [5, 5.41) is 21.5. The molecule has 0 aliphatic carbocycles. The third kappa shape index (κ3) is 12.2. The van der Waals surface area contributed by atoms with Crippen LogP contribution in [0.5, 0.6) is 11.5 Å². The van der Waals surface area contributed by atoms with Crippen LogP contribution in [-0.4, -0.2) is 48.8 Å². The van der Waals surface area contributed by atoms with E-state index in [0.717, 1.165) is 24.6 Å². The number of nitrogens with zero attached hydrogens (tertiary/aromatic N) is 2. The Hall–Kier alpha value is -2.78. The van der Waals surface area contributed by atoms with Gasteiger partial charge in [0.05, 0.1) is 24.7 Å². The molecule has 0 fully saturated rings. The molecule has 2 aromatic rings. The van der Waals surface area contributed by atoms with Crippen LogP contribution in [0.3, 0.4) is 0 Å². The average molecular weight is 553 g/mol. The molecule has 0 aromatic heterocycles. The van der Waals surface area contributed by atoms with Gasteiger partial charge in [0.15, 0.2) is 0 Å². The number of carbonyl (C=O) groups is 1. The van der Waals surface area contributed by atoms with E-state index in [2.05, 4.69) is 13.0 Å². The molecule has 0 saturated heterocycles. The molecular weight excluding hydrogens is 500 g/mol. The molecule has 0 aliphatic rings. The van der Waals surface area contributed by atoms with Crippen molar-refractivity contribution in [3.8, 4) is 17.6 Å². The van der Waals surface area contributed by atoms with Crippen molar-refractivity contribution in [1.82, 2.24) is 4.90 Å². The zero-order valence-electron chi connectivity index (χ0n) is 25.1. The molecule has 2 aromatic carbocycles. The van der Waals surface area contributed by atoms with Crippen LogP contribution in [0.25, 0.3) is 10.8 Å². The van der Waals surface area contributed by atoms with Crippen molar-refractivity contribution < 1.29 is 19.4 Å². The number of benzene rings is 2. The first-order chi connectivity index (χ1) is 19.6. The Morgan fingerprint density at radius 2 is 1.40 bits per heavy atom. The number of rotatable bonds is 23. The van der Waals surface area contributed by atoms with E-state index in [9.17, 15) is 15.2 Å². The highest BCUT2D eigenvalue weighted by Gasteiger charge is 2.22. The van der Waals surface area contributed by atoms with Gasteiger partial charge >= 0.3 is 0 Å². The first kappa shape index (κ1) is 33.4. The topological polar surface area (TPSA) is 82.8 Å². The fourth-order valence-corrected chi connectivity index (χ4v) is 5.13. The maximum absolute atomic E-state index is 13.6. The van der Waals surface area contributed by atoms with Crippen LogP contribution in [0.1, 0.15) is 121 Å². The summed E-state index contributed by atoms with van der Waals surface area (Å²) in [7, 11) is 0. The third-order valence-electron chi connectivity index (χ3n) is 7.46. The molecule has 0 unspecified atom stereocenters. The van der Waals surface area contributed by atoms with E-state index in [4.69, 9.17) is 9.47 Å². The fourth-order valence-electron chi connectivity index (χ4n) is 5.13. The third-order valence-corrected chi connectivity index (χ3v) is 7.46. The van der Waals surface area contributed by atoms with Crippen LogP contribution < -0.4 is 4.74 Å². The molecule has 2 rings (SSSR count). The summed E-state index contributed by atoms with van der Waals surface area (Å²) in [5.41, 5.74) is 0.216. The van der Waals surface area contributed by atoms with Crippen molar-refractivity contribution >= 4 is 16.7 Å². The lowest BCUT2D eigenvalue weighted by molar-refractivity contribution is 0.0752. The van der Waals surface area contributed by atoms with Gasteiger partial charge in [-0.3, -0.25) is 4.79 Å². The Morgan fingerprint density at radius 1 is 0.825 bits per heavy atom. The van der Waals surface area contributed by atoms with Crippen molar-refractivity contribution in [3.05, 3.63) is 35.9 Å². The van der Waals surface area contributed by atoms with E-state index in [1.807, 2.05) is 25.1 Å². The molecule has 0 radical (unpaired) electrons. The second kappa shape index (κ2) is 21.0. The summed E-state index contributed by atoms with van der Waals surface area (Å²) in [5.74, 6) is 0.247. The van der Waals surface area contributed by atoms with Gasteiger partial charge in [0, 0.05) is 30.5 Å². The lowest BCUT2D eigenvalue weighted by Crippen LogP contribution is -2.33. The number of ether oxygens (including phenoxy) is 2. The molecule has 0 atom stereocenters. The number of phenolic OH excluding ortho intramolecular Hbond substituents is 1. The molecular formula is C34H52N2O4. The van der Waals surface area contributed by atoms with Gasteiger partial charge in [-0.25, -0.2) is 0 Å². The second-order valence-electron chi connectivity index (χ2n) is 10.7. The Labute approximate surface area is 242 Å². The molecule has 0 heterocycles. The molecule has 1 N–H and O–H groups in total. The first-order valence-corrected chi connectivity index (χ1v) is 15.8. The largest absolute Gasteiger partial charge is 0.506 e. The number of fused-ring (bicyclic) bond motifs is 1. The molecule has 0 aliphatic heterocycles. The van der Waals surface area contributed by atoms with Gasteiger partial charge in [-0.05, 0) is 19.4 Å². The number of carbonyl (C=O) groups excluding carboxylic acids is 1. The van der Waals surface area contributed by atoms with Crippen LogP contribution in [-0.2, 0) is 4.74 Å². The minimum atomic E-state index is -0.261. The Balaban J connectivity index is 1.85. The molecule has 0 saturated carbocycles. The molecule has 222 valence electrons. The van der Waals surface area contributed by atoms with Crippen molar-refractivity contribution in [1.29, 1.82) is 5.26 Å². The number of nitriles is 1. The van der Waals surface area contributed by atoms with Crippen molar-refractivity contribution in [2.75, 3.05) is 32.9 Å². The summed E-state index contributed by atoms with van der Waals surface area (Å²) in [6.07, 6.45) is 18.2. The van der Waals surface area contributed by atoms with E-state index in [0.29, 0.717) is 44.0 Å². The predicted molar refractivity (Wildman–Crippen MR) is 164 cm³/mol. The van der Waals surface area contributed by atoms with Gasteiger partial charge in [-0.2, -0.15) is 5.26 Å². The summed E-state index contributed by atoms with van der Waals surface area (Å²) >= 11 is 0. The van der Waals surface area contributed by atoms with Gasteiger partial charge in [0.25, 0.3) is 5.91 Å². The highest BCUT2D eigenvalue weighted by atomic mass is 16.5. The minimum absolute atomic E-state index is 0.0410. The summed E-state index contributed by atoms with van der Waals surface area (Å²) in [4.78, 5) is 15.3. The fraction of sp³-hybridized carbons (Fsp3) is 0.647. The molecule has 0 bridgehead atoms. The highest BCUT2D eigenvalue weighted by molar-refractivity contribution is 6.05. The Bertz CT molecular complexity index is 1020. The van der Waals surface area contributed by atoms with Gasteiger partial charge in [0.2, 0.25) is 0 Å². The Kier molecular flexibility index (Phi) is 17.6. The first-order valence-electron chi connectivity index (χ1n) is 15.8. The summed E-state index contributed by atoms with van der Waals surface area (Å²) < 4.78 is 11.3. The maximum Gasteiger partial charge on any atom is 0.257 e. The van der Waals surface area contributed by atoms with Gasteiger partial charge in [0.1, 0.15) is 18.1 Å². The van der Waals surface area contributed by atoms with Crippen LogP contribution in [0.4, 0.5) is 0 Å². The van der Waals surface area contributed by atoms with Gasteiger partial charge in [-0.1, -0.05) is 115 Å². The molecule has 6 heteroatoms. The zero-order valence-corrected chi connectivity index (χ0v) is 25.1. The SMILES string of the molecule is CCCCCCCCCCCCCCCCN(CCC#N)C(=O)c1cc(OCCOCC)c2ccccc2c1O. The molecule has 1 amide bonds. The number of phenols is 1. The van der Waals surface area contributed by atoms with E-state index in [1.54, 1.807) is 17.0 Å². The lowest BCUT2D eigenvalue weighted by Gasteiger charge is -2.23. The van der Waals surface area contributed by atoms with E-state index >= 15 is 0 Å². The monoisotopic (exact) mass is 552 g/mol. The average Bonchev–Trinajstić information content (AvgIpc) is 2.97. The van der Waals surface area contributed by atoms with Crippen molar-refractivity contribution in [2.45, 2.75) is 110 Å². The van der Waals surface area contributed by atoms with E-state index in [-0.39, 0.29) is 23.6 Å². The zero-order chi connectivity index (χ0) is 28.8. The second-order valence-corrected chi connectivity index (χ2v) is 10.7. The highest BCUT2D eigenvalue weighted by Crippen LogP contribution is 2.36. The summed E-state index contributed by atoms with van der Waals surface area (Å²) in [6, 6.07) is 11.2. The summed E-state index contributed by atoms with van der Waals surface area (Å²) in [6.45, 7) is 6.53. The van der Waals surface area contributed by atoms with Crippen LogP contribution in [0.15, 0.2) is 30.3 Å². The van der Waals surface area contributed by atoms with Crippen LogP contribution >= 0.6 is 0 Å². The quantitative estimate of drug-likeness (QED) is 0.139. The number of unbranched alkanes of at least 4 members (excludes halogenated alkanes) is 13. The molecule has 0 spiro atoms. The van der Waals surface area contributed by atoms with Gasteiger partial charge in [-0.15, -0.1) is 0 Å². The maximum atomic E-state index is 13.6. The smallest absolute Gasteiger partial charge is 0.257 e. The Morgan fingerprint density at radius 3 is 1.98 bits per heavy atom. The molecule has 6 nitrogen and oxygen atoms in total. The van der Waals surface area contributed by atoms with E-state index < -0.39 is 0 Å². The normalized spacial score (nSPS) is 11.0. The predicted octanol–water partition coefficient (Wildman–Crippen LogP) is 8.80. The number of amides is 1. The molecule has 40 heavy (non-hydrogen) atoms. The van der Waals surface area contributed by atoms with E-state index in [1.165, 1.54) is 70.6 Å². The van der Waals surface area contributed by atoms with Crippen LogP contribution in [0.2, 0.25) is 0 Å². The van der Waals surface area contributed by atoms with Gasteiger partial charge < -0.3 is 19.5 Å². The lowest BCUT2D eigenvalue weighted by atomic mass is 10.0. The van der Waals surface area contributed by atoms with Crippen molar-refractivity contribution in [2.24, 2.45) is 0 Å².